The summed E-state index contributed by atoms with van der Waals surface area (Å²) in [5.41, 5.74) is 10.2. The van der Waals surface area contributed by atoms with Crippen molar-refractivity contribution in [3.05, 3.63) is 124 Å². The van der Waals surface area contributed by atoms with Gasteiger partial charge < -0.3 is 0 Å². The van der Waals surface area contributed by atoms with Crippen LogP contribution < -0.4 is 0 Å². The molecule has 4 aromatic rings. The van der Waals surface area contributed by atoms with Crippen molar-refractivity contribution in [2.24, 2.45) is 9.98 Å². The number of hydrogen-bond acceptors (Lipinski definition) is 3. The summed E-state index contributed by atoms with van der Waals surface area (Å²) in [6.07, 6.45) is 1.82. The second-order valence-corrected chi connectivity index (χ2v) is 8.11. The van der Waals surface area contributed by atoms with Crippen molar-refractivity contribution >= 4 is 23.3 Å². The number of hydrogen-bond donors (Lipinski definition) is 0. The fourth-order valence-corrected chi connectivity index (χ4v) is 3.66. The van der Waals surface area contributed by atoms with Gasteiger partial charge in [-0.1, -0.05) is 71.8 Å². The van der Waals surface area contributed by atoms with Gasteiger partial charge in [-0.05, 0) is 63.1 Å². The van der Waals surface area contributed by atoms with Crippen LogP contribution in [0, 0.1) is 27.7 Å². The Morgan fingerprint density at radius 3 is 2.00 bits per heavy atom. The van der Waals surface area contributed by atoms with Crippen LogP contribution in [0.4, 0.5) is 11.4 Å². The largest absolute Gasteiger partial charge is 0.254 e. The van der Waals surface area contributed by atoms with Crippen LogP contribution >= 0.6 is 0 Å². The van der Waals surface area contributed by atoms with Crippen LogP contribution in [-0.2, 0) is 0 Å². The number of rotatable bonds is 5. The van der Waals surface area contributed by atoms with Gasteiger partial charge in [-0.3, -0.25) is 4.99 Å². The number of aromatic nitrogens is 1. The predicted molar refractivity (Wildman–Crippen MR) is 135 cm³/mol. The smallest absolute Gasteiger partial charge is 0.0966 e. The minimum atomic E-state index is 0.798. The molecule has 0 spiro atoms. The van der Waals surface area contributed by atoms with Gasteiger partial charge in [0, 0.05) is 5.56 Å². The first-order valence-electron chi connectivity index (χ1n) is 10.8. The van der Waals surface area contributed by atoms with Crippen molar-refractivity contribution in [1.29, 1.82) is 0 Å². The van der Waals surface area contributed by atoms with Crippen molar-refractivity contribution in [3.8, 4) is 0 Å². The van der Waals surface area contributed by atoms with Gasteiger partial charge in [-0.15, -0.1) is 0 Å². The van der Waals surface area contributed by atoms with Crippen molar-refractivity contribution < 1.29 is 0 Å². The first kappa shape index (κ1) is 21.4. The number of pyridine rings is 1. The van der Waals surface area contributed by atoms with Crippen molar-refractivity contribution in [1.82, 2.24) is 4.98 Å². The van der Waals surface area contributed by atoms with Crippen LogP contribution in [0.3, 0.4) is 0 Å². The third-order valence-corrected chi connectivity index (χ3v) is 5.33. The molecule has 32 heavy (non-hydrogen) atoms. The maximum atomic E-state index is 5.03. The highest BCUT2D eigenvalue weighted by molar-refractivity contribution is 6.13. The van der Waals surface area contributed by atoms with Gasteiger partial charge in [0.25, 0.3) is 0 Å². The number of nitrogens with zero attached hydrogens (tertiary/aromatic N) is 3. The molecule has 0 radical (unpaired) electrons. The Morgan fingerprint density at radius 2 is 1.34 bits per heavy atom. The molecule has 0 fully saturated rings. The van der Waals surface area contributed by atoms with Gasteiger partial charge in [0.2, 0.25) is 0 Å². The lowest BCUT2D eigenvalue weighted by atomic mass is 10.1. The Bertz CT molecular complexity index is 1300. The van der Waals surface area contributed by atoms with Crippen LogP contribution in [0.15, 0.2) is 94.9 Å². The lowest BCUT2D eigenvalue weighted by Gasteiger charge is -2.09. The van der Waals surface area contributed by atoms with E-state index < -0.39 is 0 Å². The fraction of sp³-hybridized carbons (Fsp3) is 0.138. The van der Waals surface area contributed by atoms with Crippen LogP contribution in [0.5, 0.6) is 0 Å². The molecule has 0 atom stereocenters. The normalized spacial score (nSPS) is 11.8. The predicted octanol–water partition coefficient (Wildman–Crippen LogP) is 7.23. The molecular weight excluding hydrogens is 390 g/mol. The van der Waals surface area contributed by atoms with Gasteiger partial charge in [-0.2, -0.15) is 0 Å². The van der Waals surface area contributed by atoms with Crippen LogP contribution in [0.1, 0.15) is 39.2 Å². The zero-order valence-electron chi connectivity index (χ0n) is 19.0. The van der Waals surface area contributed by atoms with E-state index in [0.717, 1.165) is 45.2 Å². The highest BCUT2D eigenvalue weighted by Crippen LogP contribution is 2.23. The summed E-state index contributed by atoms with van der Waals surface area (Å²) in [7, 11) is 0. The van der Waals surface area contributed by atoms with E-state index in [4.69, 9.17) is 9.98 Å². The Labute approximate surface area is 190 Å². The van der Waals surface area contributed by atoms with Crippen molar-refractivity contribution in [2.45, 2.75) is 27.7 Å². The minimum Gasteiger partial charge on any atom is -0.254 e. The molecule has 0 N–H and O–H groups in total. The van der Waals surface area contributed by atoms with Crippen molar-refractivity contribution in [3.63, 3.8) is 0 Å². The molecule has 0 amide bonds. The summed E-state index contributed by atoms with van der Waals surface area (Å²) in [4.78, 5) is 14.6. The first-order chi connectivity index (χ1) is 15.5. The highest BCUT2D eigenvalue weighted by atomic mass is 14.8. The molecule has 0 aliphatic carbocycles. The molecule has 0 saturated heterocycles. The van der Waals surface area contributed by atoms with Gasteiger partial charge in [0.15, 0.2) is 0 Å². The van der Waals surface area contributed by atoms with E-state index in [1.807, 2.05) is 48.7 Å². The Hall–Kier alpha value is -3.85. The topological polar surface area (TPSA) is 37.6 Å². The zero-order valence-corrected chi connectivity index (χ0v) is 19.0. The number of aryl methyl sites for hydroxylation is 4. The summed E-state index contributed by atoms with van der Waals surface area (Å²) < 4.78 is 0. The molecule has 0 aliphatic heterocycles. The summed E-state index contributed by atoms with van der Waals surface area (Å²) >= 11 is 0. The van der Waals surface area contributed by atoms with Crippen LogP contribution in [0.2, 0.25) is 0 Å². The average Bonchev–Trinajstić information content (AvgIpc) is 2.79. The Kier molecular flexibility index (Phi) is 6.37. The Morgan fingerprint density at radius 1 is 0.688 bits per heavy atom. The third kappa shape index (κ3) is 5.06. The van der Waals surface area contributed by atoms with Gasteiger partial charge in [-0.25, -0.2) is 9.98 Å². The van der Waals surface area contributed by atoms with E-state index in [0.29, 0.717) is 0 Å². The van der Waals surface area contributed by atoms with Crippen LogP contribution in [0.25, 0.3) is 0 Å². The molecule has 3 nitrogen and oxygen atoms in total. The minimum absolute atomic E-state index is 0.798. The highest BCUT2D eigenvalue weighted by Gasteiger charge is 2.10. The molecule has 3 heteroatoms. The lowest BCUT2D eigenvalue weighted by molar-refractivity contribution is 1.25. The fourth-order valence-electron chi connectivity index (χ4n) is 3.66. The SMILES string of the molecule is Cc1ccc(N=Cc2cccc(C(=Nc3ccc(C)cc3C)c3ccccc3)n2)c(C)c1. The molecule has 1 heterocycles. The van der Waals surface area contributed by atoms with Gasteiger partial charge in [0.05, 0.1) is 34.7 Å². The second-order valence-electron chi connectivity index (χ2n) is 8.11. The standard InChI is InChI=1S/C29H27N3/c1-20-13-15-26(22(3)17-20)30-19-25-11-8-12-28(31-25)29(24-9-6-5-7-10-24)32-27-16-14-21(2)18-23(27)4/h5-19H,1-4H3. The third-order valence-electron chi connectivity index (χ3n) is 5.33. The van der Waals surface area contributed by atoms with Crippen LogP contribution in [-0.4, -0.2) is 16.9 Å². The van der Waals surface area contributed by atoms with E-state index in [1.54, 1.807) is 0 Å². The van der Waals surface area contributed by atoms with E-state index >= 15 is 0 Å². The van der Waals surface area contributed by atoms with E-state index in [2.05, 4.69) is 75.2 Å². The summed E-state index contributed by atoms with van der Waals surface area (Å²) in [5.74, 6) is 0. The summed E-state index contributed by atoms with van der Waals surface area (Å²) in [6.45, 7) is 8.35. The molecule has 0 unspecified atom stereocenters. The summed E-state index contributed by atoms with van der Waals surface area (Å²) in [6, 6.07) is 28.8. The van der Waals surface area contributed by atoms with Crippen molar-refractivity contribution in [2.75, 3.05) is 0 Å². The molecule has 4 rings (SSSR count). The first-order valence-corrected chi connectivity index (χ1v) is 10.8. The maximum absolute atomic E-state index is 5.03. The number of benzene rings is 3. The maximum Gasteiger partial charge on any atom is 0.0966 e. The summed E-state index contributed by atoms with van der Waals surface area (Å²) in [5, 5.41) is 0. The molecule has 0 saturated carbocycles. The quantitative estimate of drug-likeness (QED) is 0.315. The molecular formula is C29H27N3. The molecule has 3 aromatic carbocycles. The van der Waals surface area contributed by atoms with E-state index in [1.165, 1.54) is 11.1 Å². The molecule has 0 aliphatic rings. The Balaban J connectivity index is 1.75. The second kappa shape index (κ2) is 9.52. The van der Waals surface area contributed by atoms with E-state index in [9.17, 15) is 0 Å². The monoisotopic (exact) mass is 417 g/mol. The number of aliphatic imine (C=N–C) groups is 2. The molecule has 0 bridgehead atoms. The zero-order chi connectivity index (χ0) is 22.5. The van der Waals surface area contributed by atoms with Gasteiger partial charge >= 0.3 is 0 Å². The lowest BCUT2D eigenvalue weighted by Crippen LogP contribution is -2.07. The van der Waals surface area contributed by atoms with E-state index in [-0.39, 0.29) is 0 Å². The molecule has 1 aromatic heterocycles. The average molecular weight is 418 g/mol. The van der Waals surface area contributed by atoms with Gasteiger partial charge in [0.1, 0.15) is 0 Å². The molecule has 158 valence electrons.